The second-order valence-corrected chi connectivity index (χ2v) is 7.96. The molecule has 1 N–H and O–H groups in total. The van der Waals surface area contributed by atoms with E-state index in [9.17, 15) is 0 Å². The van der Waals surface area contributed by atoms with Crippen molar-refractivity contribution in [3.8, 4) is 17.1 Å². The Bertz CT molecular complexity index is 1190. The highest BCUT2D eigenvalue weighted by Gasteiger charge is 2.20. The van der Waals surface area contributed by atoms with E-state index in [1.165, 1.54) is 18.4 Å². The first-order valence-corrected chi connectivity index (χ1v) is 10.8. The maximum atomic E-state index is 5.57. The molecule has 3 aromatic heterocycles. The van der Waals surface area contributed by atoms with Gasteiger partial charge >= 0.3 is 0 Å². The fourth-order valence-electron chi connectivity index (χ4n) is 4.23. The van der Waals surface area contributed by atoms with Crippen molar-refractivity contribution in [2.24, 2.45) is 0 Å². The molecule has 1 aromatic carbocycles. The van der Waals surface area contributed by atoms with Crippen LogP contribution in [-0.4, -0.2) is 33.1 Å². The molecule has 31 heavy (non-hydrogen) atoms. The first-order chi connectivity index (χ1) is 15.3. The summed E-state index contributed by atoms with van der Waals surface area (Å²) < 4.78 is 5.57. The summed E-state index contributed by atoms with van der Waals surface area (Å²) in [5.41, 5.74) is 3.93. The standard InChI is InChI=1S/C25H25N5O/c1-31-22-16-26-15-21-23(22)25(28-19-9-5-6-10-19)30-24(29-21)18-11-12-27-20(14-18)13-17-7-3-2-4-8-17/h2-4,7-8,11-12,14-16,19H,5-6,9-10,13H2,1H3,(H,28,29,30). The van der Waals surface area contributed by atoms with Crippen LogP contribution in [0.25, 0.3) is 22.3 Å². The Morgan fingerprint density at radius 1 is 1.03 bits per heavy atom. The van der Waals surface area contributed by atoms with Crippen molar-refractivity contribution in [2.45, 2.75) is 38.1 Å². The predicted octanol–water partition coefficient (Wildman–Crippen LogP) is 5.04. The summed E-state index contributed by atoms with van der Waals surface area (Å²) in [6, 6.07) is 14.8. The molecule has 1 fully saturated rings. The van der Waals surface area contributed by atoms with Gasteiger partial charge in [0.2, 0.25) is 0 Å². The van der Waals surface area contributed by atoms with Crippen molar-refractivity contribution in [3.05, 3.63) is 72.3 Å². The number of nitrogens with one attached hydrogen (secondary N) is 1. The number of rotatable bonds is 6. The van der Waals surface area contributed by atoms with Gasteiger partial charge in [0.15, 0.2) is 5.82 Å². The van der Waals surface area contributed by atoms with Gasteiger partial charge in [0, 0.05) is 29.9 Å². The second-order valence-electron chi connectivity index (χ2n) is 7.96. The summed E-state index contributed by atoms with van der Waals surface area (Å²) >= 11 is 0. The van der Waals surface area contributed by atoms with E-state index in [-0.39, 0.29) is 0 Å². The van der Waals surface area contributed by atoms with E-state index in [4.69, 9.17) is 14.7 Å². The number of anilines is 1. The minimum absolute atomic E-state index is 0.426. The van der Waals surface area contributed by atoms with Crippen molar-refractivity contribution in [3.63, 3.8) is 0 Å². The number of benzene rings is 1. The minimum atomic E-state index is 0.426. The molecule has 0 bridgehead atoms. The molecule has 156 valence electrons. The van der Waals surface area contributed by atoms with Crippen LogP contribution in [0.3, 0.4) is 0 Å². The lowest BCUT2D eigenvalue weighted by Gasteiger charge is -2.17. The molecular weight excluding hydrogens is 386 g/mol. The number of nitrogens with zero attached hydrogens (tertiary/aromatic N) is 4. The molecule has 0 atom stereocenters. The molecule has 5 rings (SSSR count). The molecule has 6 heteroatoms. The summed E-state index contributed by atoms with van der Waals surface area (Å²) in [4.78, 5) is 18.6. The van der Waals surface area contributed by atoms with Gasteiger partial charge in [0.05, 0.1) is 30.4 Å². The second kappa shape index (κ2) is 8.68. The zero-order valence-corrected chi connectivity index (χ0v) is 17.6. The Hall–Kier alpha value is -3.54. The highest BCUT2D eigenvalue weighted by atomic mass is 16.5. The highest BCUT2D eigenvalue weighted by Crippen LogP contribution is 2.33. The molecule has 0 amide bonds. The molecule has 0 aliphatic heterocycles. The van der Waals surface area contributed by atoms with Gasteiger partial charge in [-0.2, -0.15) is 0 Å². The Balaban J connectivity index is 1.56. The van der Waals surface area contributed by atoms with Crippen LogP contribution in [0.1, 0.15) is 36.9 Å². The normalized spacial score (nSPS) is 14.1. The van der Waals surface area contributed by atoms with Crippen LogP contribution in [-0.2, 0) is 6.42 Å². The highest BCUT2D eigenvalue weighted by molar-refractivity contribution is 5.95. The molecule has 0 radical (unpaired) electrons. The van der Waals surface area contributed by atoms with Gasteiger partial charge in [-0.05, 0) is 30.5 Å². The van der Waals surface area contributed by atoms with Crippen molar-refractivity contribution < 1.29 is 4.74 Å². The van der Waals surface area contributed by atoms with Crippen molar-refractivity contribution in [2.75, 3.05) is 12.4 Å². The molecule has 1 aliphatic rings. The Morgan fingerprint density at radius 2 is 1.87 bits per heavy atom. The van der Waals surface area contributed by atoms with E-state index in [0.717, 1.165) is 47.2 Å². The van der Waals surface area contributed by atoms with Gasteiger partial charge in [0.1, 0.15) is 11.6 Å². The van der Waals surface area contributed by atoms with E-state index in [0.29, 0.717) is 17.6 Å². The number of fused-ring (bicyclic) bond motifs is 1. The smallest absolute Gasteiger partial charge is 0.162 e. The summed E-state index contributed by atoms with van der Waals surface area (Å²) in [7, 11) is 1.66. The van der Waals surface area contributed by atoms with Crippen molar-refractivity contribution >= 4 is 16.7 Å². The van der Waals surface area contributed by atoms with Gasteiger partial charge in [-0.25, -0.2) is 9.97 Å². The van der Waals surface area contributed by atoms with E-state index in [1.807, 2.05) is 30.5 Å². The summed E-state index contributed by atoms with van der Waals surface area (Å²) in [6.45, 7) is 0. The lowest BCUT2D eigenvalue weighted by molar-refractivity contribution is 0.418. The maximum Gasteiger partial charge on any atom is 0.162 e. The quantitative estimate of drug-likeness (QED) is 0.479. The van der Waals surface area contributed by atoms with Crippen molar-refractivity contribution in [1.29, 1.82) is 0 Å². The van der Waals surface area contributed by atoms with E-state index >= 15 is 0 Å². The van der Waals surface area contributed by atoms with Crippen molar-refractivity contribution in [1.82, 2.24) is 19.9 Å². The van der Waals surface area contributed by atoms with Gasteiger partial charge in [-0.3, -0.25) is 9.97 Å². The summed E-state index contributed by atoms with van der Waals surface area (Å²) in [5.74, 6) is 2.16. The molecule has 4 aromatic rings. The van der Waals surface area contributed by atoms with E-state index in [1.54, 1.807) is 19.5 Å². The largest absolute Gasteiger partial charge is 0.494 e. The van der Waals surface area contributed by atoms with Gasteiger partial charge < -0.3 is 10.1 Å². The maximum absolute atomic E-state index is 5.57. The predicted molar refractivity (Wildman–Crippen MR) is 122 cm³/mol. The van der Waals surface area contributed by atoms with Crippen LogP contribution in [0.5, 0.6) is 5.75 Å². The number of hydrogen-bond acceptors (Lipinski definition) is 6. The number of aromatic nitrogens is 4. The van der Waals surface area contributed by atoms with Crippen LogP contribution in [0, 0.1) is 0 Å². The van der Waals surface area contributed by atoms with Crippen LogP contribution >= 0.6 is 0 Å². The Labute approximate surface area is 181 Å². The number of hydrogen-bond donors (Lipinski definition) is 1. The molecular formula is C25H25N5O. The minimum Gasteiger partial charge on any atom is -0.494 e. The molecule has 6 nitrogen and oxygen atoms in total. The lowest BCUT2D eigenvalue weighted by atomic mass is 10.1. The number of ether oxygens (including phenoxy) is 1. The lowest BCUT2D eigenvalue weighted by Crippen LogP contribution is -2.16. The SMILES string of the molecule is COc1cncc2nc(-c3ccnc(Cc4ccccc4)c3)nc(NC3CCCC3)c12. The zero-order valence-electron chi connectivity index (χ0n) is 17.6. The number of methoxy groups -OCH3 is 1. The van der Waals surface area contributed by atoms with E-state index in [2.05, 4.69) is 33.5 Å². The Morgan fingerprint density at radius 3 is 2.68 bits per heavy atom. The van der Waals surface area contributed by atoms with Gasteiger partial charge in [-0.15, -0.1) is 0 Å². The Kier molecular flexibility index (Phi) is 5.44. The zero-order chi connectivity index (χ0) is 21.0. The molecule has 0 spiro atoms. The monoisotopic (exact) mass is 411 g/mol. The first-order valence-electron chi connectivity index (χ1n) is 10.8. The van der Waals surface area contributed by atoms with Crippen LogP contribution in [0.15, 0.2) is 61.1 Å². The summed E-state index contributed by atoms with van der Waals surface area (Å²) in [5, 5.41) is 4.53. The summed E-state index contributed by atoms with van der Waals surface area (Å²) in [6.07, 6.45) is 10.9. The van der Waals surface area contributed by atoms with Crippen LogP contribution in [0.2, 0.25) is 0 Å². The molecule has 0 unspecified atom stereocenters. The van der Waals surface area contributed by atoms with E-state index < -0.39 is 0 Å². The third-order valence-corrected chi connectivity index (χ3v) is 5.79. The van der Waals surface area contributed by atoms with Gasteiger partial charge in [0.25, 0.3) is 0 Å². The first kappa shape index (κ1) is 19.4. The average Bonchev–Trinajstić information content (AvgIpc) is 3.32. The van der Waals surface area contributed by atoms with Gasteiger partial charge in [-0.1, -0.05) is 43.2 Å². The molecule has 3 heterocycles. The fourth-order valence-corrected chi connectivity index (χ4v) is 4.23. The van der Waals surface area contributed by atoms with Crippen LogP contribution in [0.4, 0.5) is 5.82 Å². The third kappa shape index (κ3) is 4.19. The third-order valence-electron chi connectivity index (χ3n) is 5.79. The molecule has 1 saturated carbocycles. The fraction of sp³-hybridized carbons (Fsp3) is 0.280. The molecule has 1 aliphatic carbocycles. The molecule has 0 saturated heterocycles. The van der Waals surface area contributed by atoms with Crippen LogP contribution < -0.4 is 10.1 Å². The average molecular weight is 412 g/mol. The number of pyridine rings is 2. The topological polar surface area (TPSA) is 72.8 Å².